The molecule has 0 N–H and O–H groups in total. The van der Waals surface area contributed by atoms with Gasteiger partial charge in [-0.1, -0.05) is 60.7 Å². The Hall–Kier alpha value is -2.70. The lowest BCUT2D eigenvalue weighted by Gasteiger charge is -2.44. The molecule has 0 saturated carbocycles. The first-order valence-corrected chi connectivity index (χ1v) is 8.85. The molecule has 1 fully saturated rings. The van der Waals surface area contributed by atoms with Crippen LogP contribution in [0.4, 0.5) is 4.79 Å². The standard InChI is InChI=1S/C21H23NO5/c1-15(25-2)13-26-19-18(17-11-7-4-8-12-17)22(20(19)23)21(24)27-14-16-9-5-3-6-10-16/h3-12,15,18-19H,13-14H2,1-2H3. The molecule has 142 valence electrons. The molecule has 0 bridgehead atoms. The molecule has 27 heavy (non-hydrogen) atoms. The third-order valence-corrected chi connectivity index (χ3v) is 4.50. The Labute approximate surface area is 158 Å². The summed E-state index contributed by atoms with van der Waals surface area (Å²) in [5.41, 5.74) is 1.68. The van der Waals surface area contributed by atoms with Gasteiger partial charge < -0.3 is 14.2 Å². The molecule has 0 radical (unpaired) electrons. The molecular weight excluding hydrogens is 346 g/mol. The number of nitrogens with zero attached hydrogens (tertiary/aromatic N) is 1. The molecule has 6 nitrogen and oxygen atoms in total. The monoisotopic (exact) mass is 369 g/mol. The van der Waals surface area contributed by atoms with E-state index in [0.717, 1.165) is 16.0 Å². The van der Waals surface area contributed by atoms with Crippen molar-refractivity contribution in [3.8, 4) is 0 Å². The van der Waals surface area contributed by atoms with Crippen molar-refractivity contribution in [2.45, 2.75) is 31.8 Å². The third kappa shape index (κ3) is 4.35. The first kappa shape index (κ1) is 19.1. The van der Waals surface area contributed by atoms with Crippen LogP contribution in [-0.4, -0.2) is 42.8 Å². The summed E-state index contributed by atoms with van der Waals surface area (Å²) in [6.45, 7) is 2.23. The van der Waals surface area contributed by atoms with Gasteiger partial charge in [0.15, 0.2) is 6.10 Å². The number of rotatable bonds is 7. The van der Waals surface area contributed by atoms with Crippen LogP contribution in [0.5, 0.6) is 0 Å². The minimum absolute atomic E-state index is 0.108. The Kier molecular flexibility index (Phi) is 6.21. The number of carbonyl (C=O) groups is 2. The zero-order chi connectivity index (χ0) is 19.2. The number of amides is 2. The molecule has 3 rings (SSSR count). The van der Waals surface area contributed by atoms with Crippen LogP contribution in [0, 0.1) is 0 Å². The molecule has 1 saturated heterocycles. The molecule has 0 aliphatic carbocycles. The smallest absolute Gasteiger partial charge is 0.417 e. The number of methoxy groups -OCH3 is 1. The first-order valence-electron chi connectivity index (χ1n) is 8.85. The van der Waals surface area contributed by atoms with Crippen molar-refractivity contribution in [1.82, 2.24) is 4.90 Å². The van der Waals surface area contributed by atoms with Crippen LogP contribution in [0.1, 0.15) is 24.1 Å². The second-order valence-electron chi connectivity index (χ2n) is 6.40. The van der Waals surface area contributed by atoms with Crippen LogP contribution in [0.25, 0.3) is 0 Å². The maximum absolute atomic E-state index is 12.6. The lowest BCUT2D eigenvalue weighted by molar-refractivity contribution is -0.173. The minimum Gasteiger partial charge on any atom is -0.444 e. The molecule has 2 aromatic carbocycles. The van der Waals surface area contributed by atoms with Crippen molar-refractivity contribution in [3.63, 3.8) is 0 Å². The first-order chi connectivity index (χ1) is 13.1. The molecule has 1 heterocycles. The summed E-state index contributed by atoms with van der Waals surface area (Å²) in [5, 5.41) is 0. The molecule has 2 aromatic rings. The van der Waals surface area contributed by atoms with Crippen LogP contribution in [-0.2, 0) is 25.6 Å². The van der Waals surface area contributed by atoms with E-state index in [1.54, 1.807) is 7.11 Å². The van der Waals surface area contributed by atoms with Gasteiger partial charge in [-0.05, 0) is 18.1 Å². The van der Waals surface area contributed by atoms with Crippen LogP contribution in [0.15, 0.2) is 60.7 Å². The fourth-order valence-electron chi connectivity index (χ4n) is 2.90. The van der Waals surface area contributed by atoms with Gasteiger partial charge in [-0.2, -0.15) is 0 Å². The van der Waals surface area contributed by atoms with Crippen molar-refractivity contribution in [3.05, 3.63) is 71.8 Å². The van der Waals surface area contributed by atoms with Crippen LogP contribution in [0.2, 0.25) is 0 Å². The Morgan fingerprint density at radius 2 is 1.70 bits per heavy atom. The molecule has 2 amide bonds. The molecule has 0 aromatic heterocycles. The number of imide groups is 1. The van der Waals surface area contributed by atoms with E-state index in [2.05, 4.69) is 0 Å². The highest BCUT2D eigenvalue weighted by Crippen LogP contribution is 2.37. The number of carbonyl (C=O) groups excluding carboxylic acids is 2. The summed E-state index contributed by atoms with van der Waals surface area (Å²) in [6, 6.07) is 18.2. The maximum Gasteiger partial charge on any atom is 0.417 e. The van der Waals surface area contributed by atoms with E-state index in [9.17, 15) is 9.59 Å². The number of benzene rings is 2. The third-order valence-electron chi connectivity index (χ3n) is 4.50. The van der Waals surface area contributed by atoms with Gasteiger partial charge >= 0.3 is 6.09 Å². The van der Waals surface area contributed by atoms with Crippen molar-refractivity contribution in [2.24, 2.45) is 0 Å². The van der Waals surface area contributed by atoms with Gasteiger partial charge in [0.1, 0.15) is 12.6 Å². The molecule has 1 aliphatic heterocycles. The van der Waals surface area contributed by atoms with Crippen LogP contribution < -0.4 is 0 Å². The van der Waals surface area contributed by atoms with Crippen LogP contribution >= 0.6 is 0 Å². The summed E-state index contributed by atoms with van der Waals surface area (Å²) in [5.74, 6) is -0.398. The van der Waals surface area contributed by atoms with Gasteiger partial charge in [-0.15, -0.1) is 0 Å². The van der Waals surface area contributed by atoms with E-state index >= 15 is 0 Å². The van der Waals surface area contributed by atoms with Gasteiger partial charge in [0.25, 0.3) is 5.91 Å². The fraction of sp³-hybridized carbons (Fsp3) is 0.333. The molecule has 3 atom stereocenters. The second-order valence-corrected chi connectivity index (χ2v) is 6.40. The Morgan fingerprint density at radius 3 is 2.33 bits per heavy atom. The van der Waals surface area contributed by atoms with Crippen molar-refractivity contribution >= 4 is 12.0 Å². The number of hydrogen-bond donors (Lipinski definition) is 0. The number of hydrogen-bond acceptors (Lipinski definition) is 5. The van der Waals surface area contributed by atoms with Gasteiger partial charge in [-0.25, -0.2) is 9.69 Å². The Balaban J connectivity index is 1.70. The van der Waals surface area contributed by atoms with E-state index < -0.39 is 24.1 Å². The van der Waals surface area contributed by atoms with E-state index in [1.807, 2.05) is 67.6 Å². The molecule has 3 unspecified atom stereocenters. The molecule has 6 heteroatoms. The summed E-state index contributed by atoms with van der Waals surface area (Å²) >= 11 is 0. The van der Waals surface area contributed by atoms with Gasteiger partial charge in [0.05, 0.1) is 12.7 Å². The van der Waals surface area contributed by atoms with E-state index in [4.69, 9.17) is 14.2 Å². The molecule has 0 spiro atoms. The maximum atomic E-state index is 12.6. The average molecular weight is 369 g/mol. The lowest BCUT2D eigenvalue weighted by Crippen LogP contribution is -2.62. The SMILES string of the molecule is COC(C)COC1C(=O)N(C(=O)OCc2ccccc2)C1c1ccccc1. The number of ether oxygens (including phenoxy) is 3. The largest absolute Gasteiger partial charge is 0.444 e. The summed E-state index contributed by atoms with van der Waals surface area (Å²) < 4.78 is 16.2. The lowest BCUT2D eigenvalue weighted by atomic mass is 9.91. The highest BCUT2D eigenvalue weighted by Gasteiger charge is 2.53. The van der Waals surface area contributed by atoms with Crippen molar-refractivity contribution < 1.29 is 23.8 Å². The zero-order valence-corrected chi connectivity index (χ0v) is 15.4. The zero-order valence-electron chi connectivity index (χ0n) is 15.4. The van der Waals surface area contributed by atoms with E-state index in [0.29, 0.717) is 0 Å². The average Bonchev–Trinajstić information content (AvgIpc) is 2.71. The summed E-state index contributed by atoms with van der Waals surface area (Å²) in [7, 11) is 1.58. The van der Waals surface area contributed by atoms with Crippen molar-refractivity contribution in [2.75, 3.05) is 13.7 Å². The van der Waals surface area contributed by atoms with E-state index in [1.165, 1.54) is 0 Å². The highest BCUT2D eigenvalue weighted by molar-refractivity contribution is 6.01. The summed E-state index contributed by atoms with van der Waals surface area (Å²) in [6.07, 6.45) is -1.54. The minimum atomic E-state index is -0.728. The molecule has 1 aliphatic rings. The van der Waals surface area contributed by atoms with Crippen LogP contribution in [0.3, 0.4) is 0 Å². The number of β-lactam (4-membered cyclic amide) rings is 1. The Morgan fingerprint density at radius 1 is 1.07 bits per heavy atom. The topological polar surface area (TPSA) is 65.1 Å². The van der Waals surface area contributed by atoms with Crippen molar-refractivity contribution in [1.29, 1.82) is 0 Å². The van der Waals surface area contributed by atoms with Gasteiger partial charge in [0, 0.05) is 7.11 Å². The van der Waals surface area contributed by atoms with Gasteiger partial charge in [0.2, 0.25) is 0 Å². The number of likely N-dealkylation sites (tertiary alicyclic amines) is 1. The Bertz CT molecular complexity index is 765. The van der Waals surface area contributed by atoms with E-state index in [-0.39, 0.29) is 19.3 Å². The summed E-state index contributed by atoms with van der Waals surface area (Å²) in [4.78, 5) is 26.2. The predicted molar refractivity (Wildman–Crippen MR) is 98.9 cm³/mol. The second kappa shape index (κ2) is 8.79. The normalized spacial score (nSPS) is 20.1. The fourth-order valence-corrected chi connectivity index (χ4v) is 2.90. The quantitative estimate of drug-likeness (QED) is 0.701. The predicted octanol–water partition coefficient (Wildman–Crippen LogP) is 3.33. The van der Waals surface area contributed by atoms with Gasteiger partial charge in [-0.3, -0.25) is 4.79 Å². The highest BCUT2D eigenvalue weighted by atomic mass is 16.6. The molecular formula is C21H23NO5.